The summed E-state index contributed by atoms with van der Waals surface area (Å²) in [5, 5.41) is 3.26. The first kappa shape index (κ1) is 36.2. The van der Waals surface area contributed by atoms with Crippen molar-refractivity contribution in [3.05, 3.63) is 113 Å². The summed E-state index contributed by atoms with van der Waals surface area (Å²) >= 11 is 0. The van der Waals surface area contributed by atoms with Gasteiger partial charge >= 0.3 is 12.4 Å². The van der Waals surface area contributed by atoms with Crippen LogP contribution in [0.1, 0.15) is 32.0 Å². The van der Waals surface area contributed by atoms with Gasteiger partial charge in [0.1, 0.15) is 23.0 Å². The highest BCUT2D eigenvalue weighted by Gasteiger charge is 2.34. The minimum Gasteiger partial charge on any atom is -0.484 e. The maximum atomic E-state index is 13.9. The number of fused-ring (bicyclic) bond motifs is 1. The molecule has 1 fully saturated rings. The van der Waals surface area contributed by atoms with E-state index in [-0.39, 0.29) is 28.8 Å². The molecule has 2 amide bonds. The van der Waals surface area contributed by atoms with Gasteiger partial charge in [-0.25, -0.2) is 9.37 Å². The lowest BCUT2D eigenvalue weighted by Gasteiger charge is -2.34. The Morgan fingerprint density at radius 2 is 1.56 bits per heavy atom. The molecule has 1 saturated heterocycles. The van der Waals surface area contributed by atoms with Gasteiger partial charge in [-0.05, 0) is 60.2 Å². The van der Waals surface area contributed by atoms with Crippen LogP contribution in [-0.4, -0.2) is 70.1 Å². The molecule has 5 aromatic rings. The average Bonchev–Trinajstić information content (AvgIpc) is 3.43. The number of aromatic nitrogens is 2. The fourth-order valence-electron chi connectivity index (χ4n) is 5.69. The molecule has 1 aliphatic heterocycles. The van der Waals surface area contributed by atoms with Gasteiger partial charge in [-0.2, -0.15) is 26.3 Å². The minimum absolute atomic E-state index is 0.134. The number of ether oxygens (including phenoxy) is 2. The third-order valence-electron chi connectivity index (χ3n) is 8.38. The van der Waals surface area contributed by atoms with Crippen LogP contribution in [-0.2, 0) is 19.8 Å². The van der Waals surface area contributed by atoms with Gasteiger partial charge in [-0.15, -0.1) is 0 Å². The van der Waals surface area contributed by atoms with Gasteiger partial charge in [-0.1, -0.05) is 12.1 Å². The van der Waals surface area contributed by atoms with Crippen molar-refractivity contribution in [2.24, 2.45) is 7.05 Å². The van der Waals surface area contributed by atoms with Crippen molar-refractivity contribution in [3.63, 3.8) is 0 Å². The Morgan fingerprint density at radius 3 is 2.19 bits per heavy atom. The molecule has 272 valence electrons. The number of nitrogens with one attached hydrogen (secondary N) is 1. The smallest absolute Gasteiger partial charge is 0.422 e. The highest BCUT2D eigenvalue weighted by molar-refractivity contribution is 6.04. The number of rotatable bonds is 9. The largest absolute Gasteiger partial charge is 0.484 e. The molecular weight excluding hydrogens is 699 g/mol. The maximum Gasteiger partial charge on any atom is 0.422 e. The fourth-order valence-corrected chi connectivity index (χ4v) is 5.69. The molecule has 0 spiro atoms. The molecule has 0 unspecified atom stereocenters. The Hall–Kier alpha value is -5.64. The second-order valence-electron chi connectivity index (χ2n) is 12.1. The number of aryl methyl sites for hydroxylation is 1. The van der Waals surface area contributed by atoms with Crippen molar-refractivity contribution in [2.75, 3.05) is 38.1 Å². The van der Waals surface area contributed by atoms with Gasteiger partial charge in [0.15, 0.2) is 6.61 Å². The first-order chi connectivity index (χ1) is 24.6. The van der Waals surface area contributed by atoms with E-state index in [1.807, 2.05) is 0 Å². The lowest BCUT2D eigenvalue weighted by molar-refractivity contribution is -0.153. The second-order valence-corrected chi connectivity index (χ2v) is 12.1. The molecule has 3 aromatic carbocycles. The van der Waals surface area contributed by atoms with Gasteiger partial charge in [0.05, 0.1) is 23.0 Å². The molecule has 0 saturated carbocycles. The number of hydrogen-bond donors (Lipinski definition) is 1. The molecular formula is C36H30F7N5O4. The maximum absolute atomic E-state index is 13.9. The summed E-state index contributed by atoms with van der Waals surface area (Å²) < 4.78 is 102. The van der Waals surface area contributed by atoms with Crippen LogP contribution < -0.4 is 14.8 Å². The number of hydrogen-bond acceptors (Lipinski definition) is 6. The van der Waals surface area contributed by atoms with Crippen molar-refractivity contribution >= 4 is 28.4 Å². The van der Waals surface area contributed by atoms with E-state index in [0.717, 1.165) is 22.5 Å². The van der Waals surface area contributed by atoms with Gasteiger partial charge in [0.25, 0.3) is 11.8 Å². The van der Waals surface area contributed by atoms with Crippen LogP contribution >= 0.6 is 0 Å². The van der Waals surface area contributed by atoms with Crippen molar-refractivity contribution < 1.29 is 49.8 Å². The Labute approximate surface area is 292 Å². The van der Waals surface area contributed by atoms with Gasteiger partial charge < -0.3 is 24.3 Å². The highest BCUT2D eigenvalue weighted by atomic mass is 19.4. The first-order valence-corrected chi connectivity index (χ1v) is 15.8. The Balaban J connectivity index is 1.03. The van der Waals surface area contributed by atoms with Crippen LogP contribution in [0.3, 0.4) is 0 Å². The van der Waals surface area contributed by atoms with Gasteiger partial charge in [0.2, 0.25) is 5.88 Å². The lowest BCUT2D eigenvalue weighted by atomic mass is 10.1. The molecule has 1 N–H and O–H groups in total. The molecule has 1 aliphatic rings. The normalized spacial score (nSPS) is 14.0. The number of carbonyl (C=O) groups is 2. The number of benzene rings is 3. The minimum atomic E-state index is -4.88. The predicted molar refractivity (Wildman–Crippen MR) is 176 cm³/mol. The van der Waals surface area contributed by atoms with Crippen molar-refractivity contribution in [3.8, 4) is 17.4 Å². The number of amides is 2. The molecule has 0 aliphatic carbocycles. The van der Waals surface area contributed by atoms with Crippen molar-refractivity contribution in [1.82, 2.24) is 19.4 Å². The molecule has 0 radical (unpaired) electrons. The van der Waals surface area contributed by atoms with Gasteiger partial charge in [0, 0.05) is 62.9 Å². The van der Waals surface area contributed by atoms with E-state index in [4.69, 9.17) is 9.47 Å². The topological polar surface area (TPSA) is 88.9 Å². The molecule has 16 heteroatoms. The molecule has 9 nitrogen and oxygen atoms in total. The average molecular weight is 730 g/mol. The second kappa shape index (κ2) is 14.5. The summed E-state index contributed by atoms with van der Waals surface area (Å²) in [6.07, 6.45) is -8.01. The summed E-state index contributed by atoms with van der Waals surface area (Å²) in [5.74, 6) is -1.78. The Morgan fingerprint density at radius 1 is 0.846 bits per heavy atom. The zero-order valence-electron chi connectivity index (χ0n) is 27.4. The van der Waals surface area contributed by atoms with E-state index in [1.165, 1.54) is 30.5 Å². The highest BCUT2D eigenvalue weighted by Crippen LogP contribution is 2.32. The summed E-state index contributed by atoms with van der Waals surface area (Å²) in [4.78, 5) is 34.1. The SMILES string of the molecule is Cn1c(C(=O)N2CCN(Cc3ccc(OCC(F)(F)F)cc3)CC2)cc2ccc(Oc3ccc(NC(=O)c4ccc(C(F)(F)F)c(F)c4)cn3)cc21. The van der Waals surface area contributed by atoms with Crippen LogP contribution in [0.4, 0.5) is 36.4 Å². The predicted octanol–water partition coefficient (Wildman–Crippen LogP) is 7.67. The summed E-state index contributed by atoms with van der Waals surface area (Å²) in [7, 11) is 1.77. The molecule has 0 atom stereocenters. The Kier molecular flexibility index (Phi) is 10.1. The van der Waals surface area contributed by atoms with Crippen molar-refractivity contribution in [1.29, 1.82) is 0 Å². The third-order valence-corrected chi connectivity index (χ3v) is 8.38. The van der Waals surface area contributed by atoms with E-state index in [1.54, 1.807) is 52.9 Å². The summed E-state index contributed by atoms with van der Waals surface area (Å²) in [5.41, 5.74) is 0.563. The monoisotopic (exact) mass is 729 g/mol. The third kappa shape index (κ3) is 8.62. The van der Waals surface area contributed by atoms with E-state index in [0.29, 0.717) is 56.3 Å². The van der Waals surface area contributed by atoms with Crippen LogP contribution in [0, 0.1) is 5.82 Å². The molecule has 0 bridgehead atoms. The van der Waals surface area contributed by atoms with E-state index in [9.17, 15) is 40.3 Å². The number of halogens is 7. The van der Waals surface area contributed by atoms with Crippen LogP contribution in [0.5, 0.6) is 17.4 Å². The van der Waals surface area contributed by atoms with E-state index in [2.05, 4.69) is 15.2 Å². The zero-order valence-corrected chi connectivity index (χ0v) is 27.4. The number of piperazine rings is 1. The number of anilines is 1. The van der Waals surface area contributed by atoms with Crippen LogP contribution in [0.25, 0.3) is 10.9 Å². The van der Waals surface area contributed by atoms with Crippen LogP contribution in [0.2, 0.25) is 0 Å². The zero-order chi connectivity index (χ0) is 37.2. The van der Waals surface area contributed by atoms with E-state index < -0.39 is 36.2 Å². The van der Waals surface area contributed by atoms with E-state index >= 15 is 0 Å². The van der Waals surface area contributed by atoms with Gasteiger partial charge in [-0.3, -0.25) is 14.5 Å². The molecule has 6 rings (SSSR count). The number of nitrogens with zero attached hydrogens (tertiary/aromatic N) is 4. The fraction of sp³-hybridized carbons (Fsp3) is 0.250. The summed E-state index contributed by atoms with van der Waals surface area (Å²) in [6.45, 7) is 1.44. The molecule has 2 aromatic heterocycles. The molecule has 3 heterocycles. The van der Waals surface area contributed by atoms with Crippen molar-refractivity contribution in [2.45, 2.75) is 18.9 Å². The quantitative estimate of drug-likeness (QED) is 0.157. The lowest BCUT2D eigenvalue weighted by Crippen LogP contribution is -2.48. The Bertz CT molecular complexity index is 2070. The molecule has 52 heavy (non-hydrogen) atoms. The number of carbonyl (C=O) groups excluding carboxylic acids is 2. The summed E-state index contributed by atoms with van der Waals surface area (Å²) in [6, 6.07) is 18.3. The first-order valence-electron chi connectivity index (χ1n) is 15.8. The standard InChI is InChI=1S/C36H30F7N5O4/c1-46-30-18-27(52-32-11-6-25(19-44-32)45-33(49)24-5-10-28(29(37)16-24)36(41,42)43)9-4-23(30)17-31(46)34(50)48-14-12-47(13-15-48)20-22-2-7-26(8-3-22)51-21-35(38,39)40/h2-11,16-19H,12-15,20-21H2,1H3,(H,45,49). The number of pyridine rings is 1. The number of alkyl halides is 6. The van der Waals surface area contributed by atoms with Crippen LogP contribution in [0.15, 0.2) is 85.1 Å².